The molecule has 0 aliphatic heterocycles. The fraction of sp³-hybridized carbons (Fsp3) is 1.00. The highest BCUT2D eigenvalue weighted by atomic mass is 16.5. The third kappa shape index (κ3) is 2.78. The number of hydrogen-bond donors (Lipinski definition) is 0. The molecule has 1 fully saturated rings. The van der Waals surface area contributed by atoms with E-state index in [1.807, 2.05) is 0 Å². The highest BCUT2D eigenvalue weighted by Gasteiger charge is 2.23. The Morgan fingerprint density at radius 3 is 2.42 bits per heavy atom. The summed E-state index contributed by atoms with van der Waals surface area (Å²) in [6.45, 7) is 6.25. The van der Waals surface area contributed by atoms with Crippen molar-refractivity contribution in [3.05, 3.63) is 0 Å². The Bertz CT molecular complexity index is 106. The van der Waals surface area contributed by atoms with Crippen LogP contribution in [0.4, 0.5) is 0 Å². The van der Waals surface area contributed by atoms with Gasteiger partial charge in [0, 0.05) is 13.2 Å². The Morgan fingerprint density at radius 2 is 1.92 bits per heavy atom. The first-order valence-corrected chi connectivity index (χ1v) is 5.46. The van der Waals surface area contributed by atoms with Gasteiger partial charge in [0.1, 0.15) is 0 Å². The van der Waals surface area contributed by atoms with E-state index in [9.17, 15) is 0 Å². The predicted molar refractivity (Wildman–Crippen MR) is 52.2 cm³/mol. The Kier molecular flexibility index (Phi) is 4.67. The molecule has 0 N–H and O–H groups in total. The molecule has 0 spiro atoms. The first kappa shape index (κ1) is 10.0. The largest absolute Gasteiger partial charge is 0.381 e. The third-order valence-corrected chi connectivity index (χ3v) is 3.13. The summed E-state index contributed by atoms with van der Waals surface area (Å²) in [5, 5.41) is 0. The highest BCUT2D eigenvalue weighted by Crippen LogP contribution is 2.33. The third-order valence-electron chi connectivity index (χ3n) is 3.13. The lowest BCUT2D eigenvalue weighted by Crippen LogP contribution is -2.17. The molecule has 0 radical (unpaired) electrons. The van der Waals surface area contributed by atoms with Crippen LogP contribution in [0.1, 0.15) is 46.0 Å². The molecule has 1 heteroatoms. The molecular formula is C11H22O. The molecule has 1 rings (SSSR count). The SMILES string of the molecule is CCOCC(CC)C1CCCC1. The molecular weight excluding hydrogens is 148 g/mol. The summed E-state index contributed by atoms with van der Waals surface area (Å²) in [4.78, 5) is 0. The van der Waals surface area contributed by atoms with Gasteiger partial charge in [-0.05, 0) is 18.8 Å². The zero-order chi connectivity index (χ0) is 8.81. The molecule has 12 heavy (non-hydrogen) atoms. The van der Waals surface area contributed by atoms with Crippen molar-refractivity contribution in [1.82, 2.24) is 0 Å². The van der Waals surface area contributed by atoms with Crippen molar-refractivity contribution < 1.29 is 4.74 Å². The van der Waals surface area contributed by atoms with Gasteiger partial charge in [0.25, 0.3) is 0 Å². The van der Waals surface area contributed by atoms with Crippen molar-refractivity contribution in [2.45, 2.75) is 46.0 Å². The van der Waals surface area contributed by atoms with Gasteiger partial charge in [0.05, 0.1) is 0 Å². The molecule has 0 aromatic heterocycles. The molecule has 1 aliphatic carbocycles. The Labute approximate surface area is 76.5 Å². The van der Waals surface area contributed by atoms with Crippen LogP contribution in [0.15, 0.2) is 0 Å². The Balaban J connectivity index is 2.22. The second-order valence-electron chi connectivity index (χ2n) is 3.87. The molecule has 0 amide bonds. The van der Waals surface area contributed by atoms with Crippen LogP contribution in [0.5, 0.6) is 0 Å². The molecule has 1 atom stereocenters. The molecule has 1 nitrogen and oxygen atoms in total. The Hall–Kier alpha value is -0.0400. The molecule has 0 bridgehead atoms. The zero-order valence-corrected chi connectivity index (χ0v) is 8.51. The van der Waals surface area contributed by atoms with E-state index >= 15 is 0 Å². The van der Waals surface area contributed by atoms with Crippen molar-refractivity contribution >= 4 is 0 Å². The van der Waals surface area contributed by atoms with Crippen LogP contribution in [-0.4, -0.2) is 13.2 Å². The number of hydrogen-bond acceptors (Lipinski definition) is 1. The van der Waals surface area contributed by atoms with Crippen molar-refractivity contribution in [3.63, 3.8) is 0 Å². The minimum absolute atomic E-state index is 0.840. The first-order chi connectivity index (χ1) is 5.88. The number of ether oxygens (including phenoxy) is 1. The van der Waals surface area contributed by atoms with Crippen LogP contribution in [-0.2, 0) is 4.74 Å². The number of rotatable bonds is 5. The van der Waals surface area contributed by atoms with E-state index in [1.54, 1.807) is 0 Å². The molecule has 1 unspecified atom stereocenters. The second kappa shape index (κ2) is 5.58. The van der Waals surface area contributed by atoms with Crippen LogP contribution in [0.3, 0.4) is 0 Å². The van der Waals surface area contributed by atoms with Gasteiger partial charge in [0.15, 0.2) is 0 Å². The lowest BCUT2D eigenvalue weighted by molar-refractivity contribution is 0.0847. The standard InChI is InChI=1S/C11H22O/c1-3-10(9-12-4-2)11-7-5-6-8-11/h10-11H,3-9H2,1-2H3. The maximum Gasteiger partial charge on any atom is 0.0496 e. The topological polar surface area (TPSA) is 9.23 Å². The summed E-state index contributed by atoms with van der Waals surface area (Å²) >= 11 is 0. The van der Waals surface area contributed by atoms with Crippen molar-refractivity contribution in [2.24, 2.45) is 11.8 Å². The fourth-order valence-electron chi connectivity index (χ4n) is 2.29. The average molecular weight is 170 g/mol. The summed E-state index contributed by atoms with van der Waals surface area (Å²) in [6.07, 6.45) is 7.10. The molecule has 72 valence electrons. The van der Waals surface area contributed by atoms with Crippen LogP contribution in [0.2, 0.25) is 0 Å². The van der Waals surface area contributed by atoms with E-state index in [2.05, 4.69) is 13.8 Å². The summed E-state index contributed by atoms with van der Waals surface area (Å²) in [6, 6.07) is 0. The van der Waals surface area contributed by atoms with Gasteiger partial charge in [-0.1, -0.05) is 39.0 Å². The molecule has 0 heterocycles. The second-order valence-corrected chi connectivity index (χ2v) is 3.87. The minimum atomic E-state index is 0.840. The monoisotopic (exact) mass is 170 g/mol. The van der Waals surface area contributed by atoms with Crippen molar-refractivity contribution in [2.75, 3.05) is 13.2 Å². The zero-order valence-electron chi connectivity index (χ0n) is 8.51. The predicted octanol–water partition coefficient (Wildman–Crippen LogP) is 3.24. The van der Waals surface area contributed by atoms with Gasteiger partial charge in [-0.2, -0.15) is 0 Å². The van der Waals surface area contributed by atoms with Gasteiger partial charge in [-0.25, -0.2) is 0 Å². The smallest absolute Gasteiger partial charge is 0.0496 e. The average Bonchev–Trinajstić information content (AvgIpc) is 2.59. The van der Waals surface area contributed by atoms with E-state index < -0.39 is 0 Å². The molecule has 1 aliphatic rings. The van der Waals surface area contributed by atoms with Gasteiger partial charge in [-0.15, -0.1) is 0 Å². The van der Waals surface area contributed by atoms with Crippen LogP contribution >= 0.6 is 0 Å². The minimum Gasteiger partial charge on any atom is -0.381 e. The van der Waals surface area contributed by atoms with Gasteiger partial charge in [-0.3, -0.25) is 0 Å². The van der Waals surface area contributed by atoms with Gasteiger partial charge in [0.2, 0.25) is 0 Å². The first-order valence-electron chi connectivity index (χ1n) is 5.46. The van der Waals surface area contributed by atoms with E-state index in [-0.39, 0.29) is 0 Å². The quantitative estimate of drug-likeness (QED) is 0.615. The van der Waals surface area contributed by atoms with E-state index in [1.165, 1.54) is 32.1 Å². The molecule has 0 aromatic carbocycles. The lowest BCUT2D eigenvalue weighted by Gasteiger charge is -2.21. The summed E-state index contributed by atoms with van der Waals surface area (Å²) in [5.41, 5.74) is 0. The summed E-state index contributed by atoms with van der Waals surface area (Å²) in [5.74, 6) is 1.81. The van der Waals surface area contributed by atoms with Crippen LogP contribution in [0, 0.1) is 11.8 Å². The molecule has 0 saturated heterocycles. The van der Waals surface area contributed by atoms with Gasteiger partial charge < -0.3 is 4.74 Å². The van der Waals surface area contributed by atoms with E-state index in [4.69, 9.17) is 4.74 Å². The van der Waals surface area contributed by atoms with Crippen LogP contribution < -0.4 is 0 Å². The maximum atomic E-state index is 5.50. The normalized spacial score (nSPS) is 21.5. The van der Waals surface area contributed by atoms with E-state index in [0.717, 1.165) is 25.0 Å². The lowest BCUT2D eigenvalue weighted by atomic mass is 9.89. The summed E-state index contributed by atoms with van der Waals surface area (Å²) < 4.78 is 5.50. The van der Waals surface area contributed by atoms with Gasteiger partial charge >= 0.3 is 0 Å². The Morgan fingerprint density at radius 1 is 1.25 bits per heavy atom. The van der Waals surface area contributed by atoms with E-state index in [0.29, 0.717) is 0 Å². The summed E-state index contributed by atoms with van der Waals surface area (Å²) in [7, 11) is 0. The van der Waals surface area contributed by atoms with Crippen molar-refractivity contribution in [1.29, 1.82) is 0 Å². The molecule has 0 aromatic rings. The van der Waals surface area contributed by atoms with Crippen LogP contribution in [0.25, 0.3) is 0 Å². The van der Waals surface area contributed by atoms with Crippen molar-refractivity contribution in [3.8, 4) is 0 Å². The fourth-order valence-corrected chi connectivity index (χ4v) is 2.29. The highest BCUT2D eigenvalue weighted by molar-refractivity contribution is 4.74. The molecule has 1 saturated carbocycles. The maximum absolute atomic E-state index is 5.50.